The number of halogens is 1. The van der Waals surface area contributed by atoms with Crippen LogP contribution in [-0.4, -0.2) is 15.9 Å². The number of nitrogens with one attached hydrogen (secondary N) is 3. The van der Waals surface area contributed by atoms with Crippen LogP contribution in [0.3, 0.4) is 0 Å². The molecule has 0 aliphatic carbocycles. The van der Waals surface area contributed by atoms with Crippen LogP contribution < -0.4 is 16.8 Å². The van der Waals surface area contributed by atoms with E-state index in [1.54, 1.807) is 12.1 Å². The SMILES string of the molecule is O=C(Nc1cc2oc(=O)[nH]c2cc1F)c1cccc2[nH]c(=O)oc12. The number of oxazole rings is 2. The lowest BCUT2D eigenvalue weighted by molar-refractivity contribution is 0.102. The summed E-state index contributed by atoms with van der Waals surface area (Å²) in [6.45, 7) is 0. The van der Waals surface area contributed by atoms with E-state index >= 15 is 0 Å². The van der Waals surface area contributed by atoms with Crippen molar-refractivity contribution in [3.63, 3.8) is 0 Å². The number of fused-ring (bicyclic) bond motifs is 2. The van der Waals surface area contributed by atoms with Crippen molar-refractivity contribution in [3.05, 3.63) is 62.8 Å². The fourth-order valence-electron chi connectivity index (χ4n) is 2.41. The van der Waals surface area contributed by atoms with Gasteiger partial charge in [0.05, 0.1) is 22.3 Å². The van der Waals surface area contributed by atoms with Crippen molar-refractivity contribution in [2.45, 2.75) is 0 Å². The molecular weight excluding hydrogens is 321 g/mol. The van der Waals surface area contributed by atoms with Crippen LogP contribution in [-0.2, 0) is 0 Å². The molecule has 9 heteroatoms. The summed E-state index contributed by atoms with van der Waals surface area (Å²) in [5.41, 5.74) is 0.568. The van der Waals surface area contributed by atoms with Gasteiger partial charge in [0, 0.05) is 12.1 Å². The highest BCUT2D eigenvalue weighted by Gasteiger charge is 2.17. The molecule has 0 unspecified atom stereocenters. The number of carbonyl (C=O) groups is 1. The summed E-state index contributed by atoms with van der Waals surface area (Å²) in [6.07, 6.45) is 0. The number of aromatic amines is 2. The lowest BCUT2D eigenvalue weighted by atomic mass is 10.1. The first-order valence-electron chi connectivity index (χ1n) is 6.77. The van der Waals surface area contributed by atoms with Crippen molar-refractivity contribution >= 4 is 33.8 Å². The van der Waals surface area contributed by atoms with E-state index in [2.05, 4.69) is 15.3 Å². The Balaban J connectivity index is 1.76. The fourth-order valence-corrected chi connectivity index (χ4v) is 2.41. The normalized spacial score (nSPS) is 11.2. The van der Waals surface area contributed by atoms with Gasteiger partial charge in [0.15, 0.2) is 11.2 Å². The van der Waals surface area contributed by atoms with Crippen molar-refractivity contribution in [2.24, 2.45) is 0 Å². The van der Waals surface area contributed by atoms with E-state index in [0.29, 0.717) is 5.52 Å². The number of anilines is 1. The van der Waals surface area contributed by atoms with Gasteiger partial charge < -0.3 is 14.2 Å². The Hall–Kier alpha value is -3.62. The summed E-state index contributed by atoms with van der Waals surface area (Å²) in [5.74, 6) is -2.87. The zero-order valence-electron chi connectivity index (χ0n) is 11.8. The first kappa shape index (κ1) is 14.0. The van der Waals surface area contributed by atoms with E-state index in [9.17, 15) is 18.8 Å². The Kier molecular flexibility index (Phi) is 2.89. The van der Waals surface area contributed by atoms with Gasteiger partial charge in [-0.2, -0.15) is 0 Å². The smallest absolute Gasteiger partial charge is 0.408 e. The molecule has 4 rings (SSSR count). The maximum absolute atomic E-state index is 14.1. The third-order valence-electron chi connectivity index (χ3n) is 3.45. The highest BCUT2D eigenvalue weighted by Crippen LogP contribution is 2.23. The van der Waals surface area contributed by atoms with E-state index in [0.717, 1.165) is 6.07 Å². The Morgan fingerprint density at radius 3 is 2.62 bits per heavy atom. The summed E-state index contributed by atoms with van der Waals surface area (Å²) >= 11 is 0. The van der Waals surface area contributed by atoms with Gasteiger partial charge in [-0.1, -0.05) is 6.07 Å². The van der Waals surface area contributed by atoms with Gasteiger partial charge in [-0.3, -0.25) is 14.8 Å². The second kappa shape index (κ2) is 4.95. The molecule has 2 heterocycles. The minimum Gasteiger partial charge on any atom is -0.408 e. The van der Waals surface area contributed by atoms with Crippen LogP contribution in [0, 0.1) is 5.82 Å². The summed E-state index contributed by atoms with van der Waals surface area (Å²) < 4.78 is 23.8. The molecule has 3 N–H and O–H groups in total. The molecule has 0 saturated heterocycles. The molecule has 0 fully saturated rings. The van der Waals surface area contributed by atoms with Crippen LogP contribution in [0.15, 0.2) is 48.8 Å². The molecule has 0 spiro atoms. The topological polar surface area (TPSA) is 121 Å². The first-order chi connectivity index (χ1) is 11.5. The number of hydrogen-bond donors (Lipinski definition) is 3. The van der Waals surface area contributed by atoms with Gasteiger partial charge in [-0.05, 0) is 12.1 Å². The summed E-state index contributed by atoms with van der Waals surface area (Å²) in [7, 11) is 0. The minimum atomic E-state index is -0.754. The minimum absolute atomic E-state index is 0.0564. The molecule has 120 valence electrons. The lowest BCUT2D eigenvalue weighted by Crippen LogP contribution is -2.13. The van der Waals surface area contributed by atoms with E-state index in [1.165, 1.54) is 12.1 Å². The van der Waals surface area contributed by atoms with Gasteiger partial charge in [-0.15, -0.1) is 0 Å². The average Bonchev–Trinajstić information content (AvgIpc) is 3.07. The number of para-hydroxylation sites is 1. The van der Waals surface area contributed by atoms with Crippen LogP contribution in [0.1, 0.15) is 10.4 Å². The number of carbonyl (C=O) groups excluding carboxylic acids is 1. The molecule has 0 bridgehead atoms. The number of amides is 1. The fraction of sp³-hybridized carbons (Fsp3) is 0. The number of hydrogen-bond acceptors (Lipinski definition) is 5. The Morgan fingerprint density at radius 1 is 1.04 bits per heavy atom. The van der Waals surface area contributed by atoms with Crippen molar-refractivity contribution in [1.29, 1.82) is 0 Å². The largest absolute Gasteiger partial charge is 0.417 e. The molecule has 0 saturated carbocycles. The number of aromatic nitrogens is 2. The maximum Gasteiger partial charge on any atom is 0.417 e. The van der Waals surface area contributed by atoms with Gasteiger partial charge in [0.2, 0.25) is 0 Å². The molecule has 2 aromatic carbocycles. The molecule has 0 aliphatic heterocycles. The van der Waals surface area contributed by atoms with Crippen LogP contribution in [0.25, 0.3) is 22.2 Å². The zero-order chi connectivity index (χ0) is 16.8. The summed E-state index contributed by atoms with van der Waals surface area (Å²) in [4.78, 5) is 39.5. The molecule has 2 aromatic heterocycles. The van der Waals surface area contributed by atoms with Crippen LogP contribution in [0.5, 0.6) is 0 Å². The third-order valence-corrected chi connectivity index (χ3v) is 3.45. The molecule has 24 heavy (non-hydrogen) atoms. The van der Waals surface area contributed by atoms with E-state index in [4.69, 9.17) is 8.83 Å². The Labute approximate surface area is 130 Å². The van der Waals surface area contributed by atoms with Gasteiger partial charge >= 0.3 is 11.5 Å². The number of rotatable bonds is 2. The summed E-state index contributed by atoms with van der Waals surface area (Å²) in [5, 5.41) is 2.36. The molecule has 0 aliphatic rings. The first-order valence-corrected chi connectivity index (χ1v) is 6.77. The molecule has 0 atom stereocenters. The van der Waals surface area contributed by atoms with Crippen LogP contribution in [0.2, 0.25) is 0 Å². The third kappa shape index (κ3) is 2.19. The predicted octanol–water partition coefficient (Wildman–Crippen LogP) is 1.95. The highest BCUT2D eigenvalue weighted by atomic mass is 19.1. The van der Waals surface area contributed by atoms with E-state index in [1.807, 2.05) is 0 Å². The molecule has 0 radical (unpaired) electrons. The van der Waals surface area contributed by atoms with Crippen LogP contribution in [0.4, 0.5) is 10.1 Å². The van der Waals surface area contributed by atoms with Gasteiger partial charge in [-0.25, -0.2) is 14.0 Å². The second-order valence-electron chi connectivity index (χ2n) is 4.99. The molecule has 1 amide bonds. The second-order valence-corrected chi connectivity index (χ2v) is 4.99. The van der Waals surface area contributed by atoms with Crippen molar-refractivity contribution < 1.29 is 18.0 Å². The lowest BCUT2D eigenvalue weighted by Gasteiger charge is -2.06. The molecule has 4 aromatic rings. The summed E-state index contributed by atoms with van der Waals surface area (Å²) in [6, 6.07) is 6.77. The molecule has 8 nitrogen and oxygen atoms in total. The van der Waals surface area contributed by atoms with Crippen molar-refractivity contribution in [2.75, 3.05) is 5.32 Å². The maximum atomic E-state index is 14.1. The van der Waals surface area contributed by atoms with E-state index < -0.39 is 23.2 Å². The Bertz CT molecular complexity index is 1210. The zero-order valence-corrected chi connectivity index (χ0v) is 11.8. The number of H-pyrrole nitrogens is 2. The van der Waals surface area contributed by atoms with Crippen LogP contribution >= 0.6 is 0 Å². The average molecular weight is 329 g/mol. The van der Waals surface area contributed by atoms with Crippen molar-refractivity contribution in [1.82, 2.24) is 9.97 Å². The quantitative estimate of drug-likeness (QED) is 0.519. The standard InChI is InChI=1S/C15H8FN3O5/c16-7-4-10-11(23-14(21)19-10)5-9(7)17-13(20)6-2-1-3-8-12(6)24-15(22)18-8/h1-5H,(H,17,20)(H,18,22)(H,19,21). The monoisotopic (exact) mass is 329 g/mol. The highest BCUT2D eigenvalue weighted by molar-refractivity contribution is 6.11. The van der Waals surface area contributed by atoms with E-state index in [-0.39, 0.29) is 27.9 Å². The number of benzene rings is 2. The van der Waals surface area contributed by atoms with Gasteiger partial charge in [0.1, 0.15) is 5.82 Å². The Morgan fingerprint density at radius 2 is 1.79 bits per heavy atom. The van der Waals surface area contributed by atoms with Gasteiger partial charge in [0.25, 0.3) is 5.91 Å². The molecular formula is C15H8FN3O5. The predicted molar refractivity (Wildman–Crippen MR) is 81.6 cm³/mol. The van der Waals surface area contributed by atoms with Crippen molar-refractivity contribution in [3.8, 4) is 0 Å².